The fraction of sp³-hybridized carbons (Fsp3) is 1.00. The lowest BCUT2D eigenvalue weighted by molar-refractivity contribution is 0.247. The molecule has 1 aliphatic carbocycles. The second kappa shape index (κ2) is 8.92. The zero-order valence-electron chi connectivity index (χ0n) is 13.0. The molecule has 0 aliphatic heterocycles. The van der Waals surface area contributed by atoms with Gasteiger partial charge in [0.1, 0.15) is 0 Å². The van der Waals surface area contributed by atoms with Crippen molar-refractivity contribution in [3.8, 4) is 0 Å². The Bertz CT molecular complexity index is 197. The molecule has 1 aliphatic rings. The molecule has 1 fully saturated rings. The summed E-state index contributed by atoms with van der Waals surface area (Å²) in [7, 11) is 0. The largest absolute Gasteiger partial charge is 0.315 e. The summed E-state index contributed by atoms with van der Waals surface area (Å²) in [5, 5.41) is 3.60. The predicted octanol–water partition coefficient (Wildman–Crippen LogP) is 3.52. The van der Waals surface area contributed by atoms with E-state index in [1.54, 1.807) is 0 Å². The molecule has 1 rings (SSSR count). The van der Waals surface area contributed by atoms with Crippen LogP contribution in [0.15, 0.2) is 0 Å². The zero-order valence-corrected chi connectivity index (χ0v) is 13.0. The van der Waals surface area contributed by atoms with E-state index in [1.165, 1.54) is 58.3 Å². The molecule has 0 atom stereocenters. The van der Waals surface area contributed by atoms with Crippen LogP contribution in [0, 0.1) is 11.8 Å². The SMILES string of the molecule is CC(C)CCCNCCN(CCC(C)C)C1CC1. The van der Waals surface area contributed by atoms with Crippen molar-refractivity contribution in [1.82, 2.24) is 10.2 Å². The third-order valence-corrected chi connectivity index (χ3v) is 3.77. The van der Waals surface area contributed by atoms with Crippen molar-refractivity contribution in [3.05, 3.63) is 0 Å². The quantitative estimate of drug-likeness (QED) is 0.568. The average Bonchev–Trinajstić information content (AvgIpc) is 3.10. The third kappa shape index (κ3) is 8.10. The molecule has 1 saturated carbocycles. The van der Waals surface area contributed by atoms with Crippen molar-refractivity contribution in [2.75, 3.05) is 26.2 Å². The molecule has 0 radical (unpaired) electrons. The summed E-state index contributed by atoms with van der Waals surface area (Å²) in [6, 6.07) is 0.918. The van der Waals surface area contributed by atoms with Gasteiger partial charge in [0.15, 0.2) is 0 Å². The number of nitrogens with one attached hydrogen (secondary N) is 1. The molecule has 0 unspecified atom stereocenters. The minimum atomic E-state index is 0.838. The van der Waals surface area contributed by atoms with E-state index in [4.69, 9.17) is 0 Å². The van der Waals surface area contributed by atoms with E-state index < -0.39 is 0 Å². The van der Waals surface area contributed by atoms with Crippen molar-refractivity contribution in [3.63, 3.8) is 0 Å². The first-order chi connectivity index (χ1) is 8.59. The molecule has 1 N–H and O–H groups in total. The minimum Gasteiger partial charge on any atom is -0.315 e. The molecular weight excluding hydrogens is 220 g/mol. The first-order valence-corrected chi connectivity index (χ1v) is 8.04. The molecule has 18 heavy (non-hydrogen) atoms. The summed E-state index contributed by atoms with van der Waals surface area (Å²) in [5.74, 6) is 1.69. The molecule has 2 nitrogen and oxygen atoms in total. The fourth-order valence-electron chi connectivity index (χ4n) is 2.32. The van der Waals surface area contributed by atoms with Crippen LogP contribution in [0.3, 0.4) is 0 Å². The molecule has 0 saturated heterocycles. The summed E-state index contributed by atoms with van der Waals surface area (Å²) in [4.78, 5) is 2.70. The molecule has 0 bridgehead atoms. The summed E-state index contributed by atoms with van der Waals surface area (Å²) >= 11 is 0. The highest BCUT2D eigenvalue weighted by atomic mass is 15.2. The van der Waals surface area contributed by atoms with Gasteiger partial charge in [-0.2, -0.15) is 0 Å². The van der Waals surface area contributed by atoms with Gasteiger partial charge in [0.05, 0.1) is 0 Å². The molecule has 2 heteroatoms. The van der Waals surface area contributed by atoms with E-state index in [9.17, 15) is 0 Å². The average molecular weight is 254 g/mol. The normalized spacial score (nSPS) is 16.2. The maximum atomic E-state index is 3.60. The first-order valence-electron chi connectivity index (χ1n) is 8.04. The number of hydrogen-bond acceptors (Lipinski definition) is 2. The highest BCUT2D eigenvalue weighted by Gasteiger charge is 2.28. The van der Waals surface area contributed by atoms with Gasteiger partial charge in [0, 0.05) is 19.1 Å². The Morgan fingerprint density at radius 1 is 0.944 bits per heavy atom. The maximum Gasteiger partial charge on any atom is 0.0110 e. The maximum absolute atomic E-state index is 3.60. The lowest BCUT2D eigenvalue weighted by Crippen LogP contribution is -2.35. The standard InChI is InChI=1S/C16H34N2/c1-14(2)6-5-10-17-11-13-18(16-7-8-16)12-9-15(3)4/h14-17H,5-13H2,1-4H3. The number of nitrogens with zero attached hydrogens (tertiary/aromatic N) is 1. The minimum absolute atomic E-state index is 0.838. The van der Waals surface area contributed by atoms with Crippen LogP contribution in [-0.4, -0.2) is 37.1 Å². The van der Waals surface area contributed by atoms with Gasteiger partial charge in [-0.05, 0) is 57.0 Å². The Labute approximate surface area is 115 Å². The van der Waals surface area contributed by atoms with E-state index >= 15 is 0 Å². The van der Waals surface area contributed by atoms with Crippen molar-refractivity contribution >= 4 is 0 Å². The third-order valence-electron chi connectivity index (χ3n) is 3.77. The van der Waals surface area contributed by atoms with Gasteiger partial charge < -0.3 is 5.32 Å². The van der Waals surface area contributed by atoms with Gasteiger partial charge in [0.25, 0.3) is 0 Å². The fourth-order valence-corrected chi connectivity index (χ4v) is 2.32. The Balaban J connectivity index is 2.00. The van der Waals surface area contributed by atoms with Crippen LogP contribution in [0.25, 0.3) is 0 Å². The zero-order chi connectivity index (χ0) is 13.4. The molecule has 0 aromatic rings. The van der Waals surface area contributed by atoms with Crippen molar-refractivity contribution in [1.29, 1.82) is 0 Å². The van der Waals surface area contributed by atoms with E-state index in [1.807, 2.05) is 0 Å². The second-order valence-electron chi connectivity index (χ2n) is 6.74. The monoisotopic (exact) mass is 254 g/mol. The van der Waals surface area contributed by atoms with E-state index in [-0.39, 0.29) is 0 Å². The van der Waals surface area contributed by atoms with Crippen LogP contribution in [-0.2, 0) is 0 Å². The Morgan fingerprint density at radius 3 is 2.17 bits per heavy atom. The summed E-state index contributed by atoms with van der Waals surface area (Å²) in [5.41, 5.74) is 0. The second-order valence-corrected chi connectivity index (χ2v) is 6.74. The molecular formula is C16H34N2. The van der Waals surface area contributed by atoms with Crippen LogP contribution in [0.2, 0.25) is 0 Å². The summed E-state index contributed by atoms with van der Waals surface area (Å²) in [6.45, 7) is 14.2. The summed E-state index contributed by atoms with van der Waals surface area (Å²) < 4.78 is 0. The highest BCUT2D eigenvalue weighted by molar-refractivity contribution is 4.84. The highest BCUT2D eigenvalue weighted by Crippen LogP contribution is 2.26. The van der Waals surface area contributed by atoms with E-state index in [0.717, 1.165) is 17.9 Å². The predicted molar refractivity (Wildman–Crippen MR) is 81.0 cm³/mol. The Kier molecular flexibility index (Phi) is 7.92. The molecule has 0 heterocycles. The van der Waals surface area contributed by atoms with Crippen LogP contribution in [0.4, 0.5) is 0 Å². The topological polar surface area (TPSA) is 15.3 Å². The van der Waals surface area contributed by atoms with Crippen LogP contribution < -0.4 is 5.32 Å². The molecule has 0 amide bonds. The van der Waals surface area contributed by atoms with Crippen molar-refractivity contribution in [2.24, 2.45) is 11.8 Å². The van der Waals surface area contributed by atoms with Crippen molar-refractivity contribution < 1.29 is 0 Å². The van der Waals surface area contributed by atoms with Gasteiger partial charge in [-0.25, -0.2) is 0 Å². The Morgan fingerprint density at radius 2 is 1.61 bits per heavy atom. The van der Waals surface area contributed by atoms with Gasteiger partial charge in [-0.3, -0.25) is 4.90 Å². The van der Waals surface area contributed by atoms with E-state index in [2.05, 4.69) is 37.9 Å². The molecule has 108 valence electrons. The summed E-state index contributed by atoms with van der Waals surface area (Å²) in [6.07, 6.45) is 6.90. The number of hydrogen-bond donors (Lipinski definition) is 1. The first kappa shape index (κ1) is 16.0. The smallest absolute Gasteiger partial charge is 0.0110 e. The lowest BCUT2D eigenvalue weighted by Gasteiger charge is -2.23. The lowest BCUT2D eigenvalue weighted by atomic mass is 10.1. The molecule has 0 aromatic carbocycles. The van der Waals surface area contributed by atoms with Gasteiger partial charge in [-0.1, -0.05) is 27.7 Å². The van der Waals surface area contributed by atoms with Crippen LogP contribution in [0.5, 0.6) is 0 Å². The number of rotatable bonds is 11. The van der Waals surface area contributed by atoms with Gasteiger partial charge >= 0.3 is 0 Å². The molecule has 0 spiro atoms. The van der Waals surface area contributed by atoms with E-state index in [0.29, 0.717) is 0 Å². The van der Waals surface area contributed by atoms with Gasteiger partial charge in [0.2, 0.25) is 0 Å². The van der Waals surface area contributed by atoms with Crippen molar-refractivity contribution in [2.45, 2.75) is 65.8 Å². The van der Waals surface area contributed by atoms with Crippen LogP contribution in [0.1, 0.15) is 59.8 Å². The Hall–Kier alpha value is -0.0800. The molecule has 0 aromatic heterocycles. The van der Waals surface area contributed by atoms with Gasteiger partial charge in [-0.15, -0.1) is 0 Å². The van der Waals surface area contributed by atoms with Crippen LogP contribution >= 0.6 is 0 Å².